The van der Waals surface area contributed by atoms with Gasteiger partial charge in [-0.05, 0) is 32.6 Å². The fourth-order valence-corrected chi connectivity index (χ4v) is 4.56. The Morgan fingerprint density at radius 1 is 1.42 bits per heavy atom. The summed E-state index contributed by atoms with van der Waals surface area (Å²) >= 11 is 0. The first-order valence-electron chi connectivity index (χ1n) is 6.68. The van der Waals surface area contributed by atoms with E-state index in [0.29, 0.717) is 19.4 Å². The van der Waals surface area contributed by atoms with Crippen LogP contribution >= 0.6 is 0 Å². The third-order valence-electron chi connectivity index (χ3n) is 4.20. The quantitative estimate of drug-likeness (QED) is 0.779. The summed E-state index contributed by atoms with van der Waals surface area (Å²) in [5, 5.41) is 9.26. The molecule has 2 aliphatic rings. The molecule has 0 aromatic carbocycles. The predicted molar refractivity (Wildman–Crippen MR) is 69.3 cm³/mol. The Morgan fingerprint density at radius 3 is 2.74 bits per heavy atom. The first-order chi connectivity index (χ1) is 8.83. The molecule has 3 atom stereocenters. The van der Waals surface area contributed by atoms with E-state index in [4.69, 9.17) is 4.74 Å². The molecule has 0 radical (unpaired) electrons. The van der Waals surface area contributed by atoms with E-state index in [9.17, 15) is 18.3 Å². The number of carbonyl (C=O) groups is 1. The molecule has 1 saturated carbocycles. The molecule has 6 nitrogen and oxygen atoms in total. The van der Waals surface area contributed by atoms with Crippen LogP contribution in [0.2, 0.25) is 0 Å². The van der Waals surface area contributed by atoms with Gasteiger partial charge in [-0.2, -0.15) is 0 Å². The molecule has 2 rings (SSSR count). The molecule has 0 aromatic heterocycles. The van der Waals surface area contributed by atoms with Crippen molar-refractivity contribution in [2.24, 2.45) is 5.41 Å². The number of carboxylic acids is 1. The summed E-state index contributed by atoms with van der Waals surface area (Å²) in [6, 6.07) is -0.517. The van der Waals surface area contributed by atoms with E-state index >= 15 is 0 Å². The average molecular weight is 291 g/mol. The highest BCUT2D eigenvalue weighted by Crippen LogP contribution is 2.38. The van der Waals surface area contributed by atoms with Crippen LogP contribution in [0.4, 0.5) is 0 Å². The van der Waals surface area contributed by atoms with Gasteiger partial charge in [0.15, 0.2) is 0 Å². The van der Waals surface area contributed by atoms with E-state index < -0.39 is 27.4 Å². The number of sulfonamides is 1. The molecule has 0 amide bonds. The van der Waals surface area contributed by atoms with Gasteiger partial charge >= 0.3 is 5.97 Å². The van der Waals surface area contributed by atoms with Crippen molar-refractivity contribution in [1.29, 1.82) is 0 Å². The summed E-state index contributed by atoms with van der Waals surface area (Å²) in [6.45, 7) is 2.22. The number of nitrogens with one attached hydrogen (secondary N) is 1. The van der Waals surface area contributed by atoms with E-state index in [1.54, 1.807) is 6.92 Å². The molecule has 2 N–H and O–H groups in total. The van der Waals surface area contributed by atoms with Gasteiger partial charge in [0.1, 0.15) is 0 Å². The van der Waals surface area contributed by atoms with Gasteiger partial charge in [-0.3, -0.25) is 4.79 Å². The first kappa shape index (κ1) is 14.7. The number of carboxylic acid groups (broad SMARTS) is 1. The summed E-state index contributed by atoms with van der Waals surface area (Å²) in [5.41, 5.74) is -0.996. The summed E-state index contributed by atoms with van der Waals surface area (Å²) < 4.78 is 32.0. The topological polar surface area (TPSA) is 92.7 Å². The average Bonchev–Trinajstić information content (AvgIpc) is 2.89. The van der Waals surface area contributed by atoms with Gasteiger partial charge in [-0.15, -0.1) is 0 Å². The number of rotatable bonds is 5. The molecule has 110 valence electrons. The third-order valence-corrected chi connectivity index (χ3v) is 5.65. The largest absolute Gasteiger partial charge is 0.481 e. The maximum absolute atomic E-state index is 12.1. The molecule has 7 heteroatoms. The highest BCUT2D eigenvalue weighted by molar-refractivity contribution is 7.89. The number of hydrogen-bond acceptors (Lipinski definition) is 4. The minimum atomic E-state index is -3.49. The lowest BCUT2D eigenvalue weighted by Gasteiger charge is -2.27. The lowest BCUT2D eigenvalue weighted by molar-refractivity contribution is -0.148. The summed E-state index contributed by atoms with van der Waals surface area (Å²) in [5.74, 6) is -1.01. The minimum Gasteiger partial charge on any atom is -0.481 e. The molecule has 1 aliphatic heterocycles. The maximum atomic E-state index is 12.1. The molecule has 3 unspecified atom stereocenters. The van der Waals surface area contributed by atoms with Gasteiger partial charge in [0.2, 0.25) is 10.0 Å². The van der Waals surface area contributed by atoms with Crippen molar-refractivity contribution in [3.8, 4) is 0 Å². The highest BCUT2D eigenvalue weighted by Gasteiger charge is 2.46. The first-order valence-corrected chi connectivity index (χ1v) is 8.34. The van der Waals surface area contributed by atoms with Crippen molar-refractivity contribution in [3.63, 3.8) is 0 Å². The number of ether oxygens (including phenoxy) is 1. The summed E-state index contributed by atoms with van der Waals surface area (Å²) in [4.78, 5) is 11.3. The van der Waals surface area contributed by atoms with Crippen LogP contribution in [-0.2, 0) is 19.6 Å². The maximum Gasteiger partial charge on any atom is 0.310 e. The Kier molecular flexibility index (Phi) is 4.17. The van der Waals surface area contributed by atoms with Gasteiger partial charge in [-0.25, -0.2) is 13.1 Å². The summed E-state index contributed by atoms with van der Waals surface area (Å²) in [7, 11) is -3.49. The van der Waals surface area contributed by atoms with Crippen LogP contribution in [0.3, 0.4) is 0 Å². The number of hydrogen-bond donors (Lipinski definition) is 2. The molecular weight excluding hydrogens is 270 g/mol. The van der Waals surface area contributed by atoms with Gasteiger partial charge in [0.25, 0.3) is 0 Å². The van der Waals surface area contributed by atoms with E-state index in [1.807, 2.05) is 0 Å². The second-order valence-corrected chi connectivity index (χ2v) is 7.50. The molecule has 0 aromatic rings. The van der Waals surface area contributed by atoms with Gasteiger partial charge < -0.3 is 9.84 Å². The second kappa shape index (κ2) is 5.38. The van der Waals surface area contributed by atoms with E-state index in [0.717, 1.165) is 19.3 Å². The standard InChI is InChI=1S/C12H21NO5S/c1-12(11(14)15)6-2-5-10(12)13-19(16,17)8-9-4-3-7-18-9/h9-10,13H,2-8H2,1H3,(H,14,15). The second-order valence-electron chi connectivity index (χ2n) is 5.70. The highest BCUT2D eigenvalue weighted by atomic mass is 32.2. The van der Waals surface area contributed by atoms with E-state index in [2.05, 4.69) is 4.72 Å². The Labute approximate surface area is 113 Å². The van der Waals surface area contributed by atoms with Gasteiger partial charge in [0.05, 0.1) is 17.3 Å². The van der Waals surface area contributed by atoms with Crippen LogP contribution in [0.15, 0.2) is 0 Å². The Balaban J connectivity index is 2.01. The van der Waals surface area contributed by atoms with Crippen molar-refractivity contribution in [2.75, 3.05) is 12.4 Å². The zero-order valence-corrected chi connectivity index (χ0v) is 11.9. The Bertz CT molecular complexity index is 443. The zero-order chi connectivity index (χ0) is 14.1. The molecule has 0 spiro atoms. The SMILES string of the molecule is CC1(C(=O)O)CCCC1NS(=O)(=O)CC1CCCO1. The van der Waals surface area contributed by atoms with Crippen molar-refractivity contribution >= 4 is 16.0 Å². The van der Waals surface area contributed by atoms with Crippen LogP contribution in [-0.4, -0.2) is 44.0 Å². The zero-order valence-electron chi connectivity index (χ0n) is 11.1. The normalized spacial score (nSPS) is 35.6. The van der Waals surface area contributed by atoms with Crippen molar-refractivity contribution < 1.29 is 23.1 Å². The fraction of sp³-hybridized carbons (Fsp3) is 0.917. The van der Waals surface area contributed by atoms with Gasteiger partial charge in [-0.1, -0.05) is 6.42 Å². The van der Waals surface area contributed by atoms with E-state index in [1.165, 1.54) is 0 Å². The fourth-order valence-electron chi connectivity index (χ4n) is 2.90. The minimum absolute atomic E-state index is 0.0702. The molecule has 2 fully saturated rings. The van der Waals surface area contributed by atoms with Crippen molar-refractivity contribution in [2.45, 2.75) is 51.2 Å². The monoisotopic (exact) mass is 291 g/mol. The molecule has 19 heavy (non-hydrogen) atoms. The molecule has 1 heterocycles. The Morgan fingerprint density at radius 2 is 2.16 bits per heavy atom. The third kappa shape index (κ3) is 3.27. The van der Waals surface area contributed by atoms with Crippen LogP contribution in [0, 0.1) is 5.41 Å². The van der Waals surface area contributed by atoms with Gasteiger partial charge in [0, 0.05) is 12.6 Å². The smallest absolute Gasteiger partial charge is 0.310 e. The lowest BCUT2D eigenvalue weighted by Crippen LogP contribution is -2.48. The molecular formula is C12H21NO5S. The van der Waals surface area contributed by atoms with Crippen LogP contribution in [0.1, 0.15) is 39.0 Å². The Hall–Kier alpha value is -0.660. The van der Waals surface area contributed by atoms with Crippen LogP contribution in [0.5, 0.6) is 0 Å². The summed E-state index contributed by atoms with van der Waals surface area (Å²) in [6.07, 6.45) is 3.20. The molecule has 1 saturated heterocycles. The van der Waals surface area contributed by atoms with Crippen molar-refractivity contribution in [1.82, 2.24) is 4.72 Å². The predicted octanol–water partition coefficient (Wildman–Crippen LogP) is 0.728. The van der Waals surface area contributed by atoms with Crippen LogP contribution < -0.4 is 4.72 Å². The molecule has 1 aliphatic carbocycles. The molecule has 0 bridgehead atoms. The van der Waals surface area contributed by atoms with Crippen LogP contribution in [0.25, 0.3) is 0 Å². The van der Waals surface area contributed by atoms with E-state index in [-0.39, 0.29) is 11.9 Å². The number of aliphatic carboxylic acids is 1. The lowest BCUT2D eigenvalue weighted by atomic mass is 9.85. The van der Waals surface area contributed by atoms with Crippen molar-refractivity contribution in [3.05, 3.63) is 0 Å².